The number of sulfonamides is 1. The van der Waals surface area contributed by atoms with E-state index in [2.05, 4.69) is 15.5 Å². The third-order valence-electron chi connectivity index (χ3n) is 3.10. The van der Waals surface area contributed by atoms with Crippen molar-refractivity contribution in [2.75, 3.05) is 26.4 Å². The fourth-order valence-electron chi connectivity index (χ4n) is 1.76. The molecule has 0 unspecified atom stereocenters. The number of hydrogen-bond acceptors (Lipinski definition) is 5. The van der Waals surface area contributed by atoms with Crippen LogP contribution in [0.3, 0.4) is 0 Å². The zero-order valence-corrected chi connectivity index (χ0v) is 13.2. The lowest BCUT2D eigenvalue weighted by Gasteiger charge is -2.13. The Balaban J connectivity index is 1.81. The summed E-state index contributed by atoms with van der Waals surface area (Å²) in [7, 11) is -1.68. The number of hydrogen-bond donors (Lipinski definition) is 2. The lowest BCUT2D eigenvalue weighted by atomic mass is 10.3. The zero-order valence-electron chi connectivity index (χ0n) is 12.4. The van der Waals surface area contributed by atoms with E-state index in [1.807, 2.05) is 0 Å². The van der Waals surface area contributed by atoms with E-state index in [0.29, 0.717) is 31.0 Å². The van der Waals surface area contributed by atoms with E-state index in [4.69, 9.17) is 4.42 Å². The molecule has 0 fully saturated rings. The van der Waals surface area contributed by atoms with Crippen molar-refractivity contribution in [3.05, 3.63) is 30.2 Å². The van der Waals surface area contributed by atoms with E-state index in [-0.39, 0.29) is 11.6 Å². The SMILES string of the molecule is CN(CCCNC(=O)c1cc(-c2ccco2)[nH]n1)S(C)(=O)=O. The minimum atomic E-state index is -3.18. The fraction of sp³-hybridized carbons (Fsp3) is 0.385. The number of rotatable bonds is 7. The van der Waals surface area contributed by atoms with Crippen molar-refractivity contribution in [2.45, 2.75) is 6.42 Å². The van der Waals surface area contributed by atoms with Gasteiger partial charge in [-0.1, -0.05) is 0 Å². The van der Waals surface area contributed by atoms with Gasteiger partial charge in [-0.3, -0.25) is 9.89 Å². The summed E-state index contributed by atoms with van der Waals surface area (Å²) < 4.78 is 28.9. The highest BCUT2D eigenvalue weighted by Crippen LogP contribution is 2.17. The molecule has 9 heteroatoms. The standard InChI is InChI=1S/C13H18N4O4S/c1-17(22(2,19)20)7-4-6-14-13(18)11-9-10(15-16-11)12-5-3-8-21-12/h3,5,8-9H,4,6-7H2,1-2H3,(H,14,18)(H,15,16). The van der Waals surface area contributed by atoms with Crippen LogP contribution >= 0.6 is 0 Å². The van der Waals surface area contributed by atoms with Gasteiger partial charge in [-0.25, -0.2) is 12.7 Å². The van der Waals surface area contributed by atoms with Crippen molar-refractivity contribution in [2.24, 2.45) is 0 Å². The smallest absolute Gasteiger partial charge is 0.271 e. The maximum Gasteiger partial charge on any atom is 0.271 e. The Hall–Kier alpha value is -2.13. The Morgan fingerprint density at radius 2 is 2.27 bits per heavy atom. The van der Waals surface area contributed by atoms with Crippen molar-refractivity contribution < 1.29 is 17.6 Å². The molecular formula is C13H18N4O4S. The molecule has 120 valence electrons. The Kier molecular flexibility index (Phi) is 4.99. The molecule has 0 radical (unpaired) electrons. The molecule has 0 aliphatic heterocycles. The van der Waals surface area contributed by atoms with E-state index in [1.54, 1.807) is 18.2 Å². The van der Waals surface area contributed by atoms with E-state index in [0.717, 1.165) is 6.26 Å². The molecule has 0 atom stereocenters. The summed E-state index contributed by atoms with van der Waals surface area (Å²) in [4.78, 5) is 11.9. The third kappa shape index (κ3) is 4.18. The van der Waals surface area contributed by atoms with Crippen molar-refractivity contribution in [1.29, 1.82) is 0 Å². The highest BCUT2D eigenvalue weighted by molar-refractivity contribution is 7.88. The van der Waals surface area contributed by atoms with Crippen LogP contribution in [0.25, 0.3) is 11.5 Å². The first-order valence-electron chi connectivity index (χ1n) is 6.67. The number of H-pyrrole nitrogens is 1. The van der Waals surface area contributed by atoms with Crippen LogP contribution in [0.1, 0.15) is 16.9 Å². The average molecular weight is 326 g/mol. The number of carbonyl (C=O) groups excluding carboxylic acids is 1. The number of furan rings is 1. The Bertz CT molecular complexity index is 721. The predicted molar refractivity (Wildman–Crippen MR) is 80.7 cm³/mol. The second-order valence-electron chi connectivity index (χ2n) is 4.84. The number of amides is 1. The molecule has 0 aliphatic carbocycles. The van der Waals surface area contributed by atoms with E-state index < -0.39 is 10.0 Å². The number of nitrogens with zero attached hydrogens (tertiary/aromatic N) is 2. The molecule has 0 saturated carbocycles. The number of nitrogens with one attached hydrogen (secondary N) is 2. The van der Waals surface area contributed by atoms with Gasteiger partial charge in [-0.2, -0.15) is 5.10 Å². The van der Waals surface area contributed by atoms with E-state index in [9.17, 15) is 13.2 Å². The predicted octanol–water partition coefficient (Wildman–Crippen LogP) is 0.681. The number of carbonyl (C=O) groups is 1. The minimum Gasteiger partial charge on any atom is -0.463 e. The second-order valence-corrected chi connectivity index (χ2v) is 6.93. The van der Waals surface area contributed by atoms with Crippen LogP contribution in [0.2, 0.25) is 0 Å². The van der Waals surface area contributed by atoms with Gasteiger partial charge in [0, 0.05) is 26.2 Å². The summed E-state index contributed by atoms with van der Waals surface area (Å²) in [6, 6.07) is 5.10. The largest absolute Gasteiger partial charge is 0.463 e. The molecule has 2 aromatic rings. The number of aromatic amines is 1. The van der Waals surface area contributed by atoms with Crippen LogP contribution in [-0.4, -0.2) is 55.2 Å². The quantitative estimate of drug-likeness (QED) is 0.727. The molecule has 2 N–H and O–H groups in total. The van der Waals surface area contributed by atoms with Gasteiger partial charge in [-0.05, 0) is 18.6 Å². The van der Waals surface area contributed by atoms with Crippen LogP contribution in [0.15, 0.2) is 28.9 Å². The van der Waals surface area contributed by atoms with Crippen LogP contribution in [0.4, 0.5) is 0 Å². The van der Waals surface area contributed by atoms with Crippen molar-refractivity contribution in [1.82, 2.24) is 19.8 Å². The van der Waals surface area contributed by atoms with Crippen molar-refractivity contribution in [3.8, 4) is 11.5 Å². The zero-order chi connectivity index (χ0) is 16.2. The van der Waals surface area contributed by atoms with Gasteiger partial charge in [0.2, 0.25) is 10.0 Å². The average Bonchev–Trinajstić information content (AvgIpc) is 3.11. The molecule has 8 nitrogen and oxygen atoms in total. The van der Waals surface area contributed by atoms with E-state index >= 15 is 0 Å². The fourth-order valence-corrected chi connectivity index (χ4v) is 2.22. The molecule has 0 spiro atoms. The van der Waals surface area contributed by atoms with Crippen LogP contribution in [0, 0.1) is 0 Å². The molecule has 2 heterocycles. The maximum absolute atomic E-state index is 11.9. The summed E-state index contributed by atoms with van der Waals surface area (Å²) in [6.07, 6.45) is 3.20. The van der Waals surface area contributed by atoms with Gasteiger partial charge >= 0.3 is 0 Å². The highest BCUT2D eigenvalue weighted by Gasteiger charge is 2.13. The second kappa shape index (κ2) is 6.75. The molecule has 2 aromatic heterocycles. The molecule has 0 aromatic carbocycles. The molecule has 2 rings (SSSR count). The first-order chi connectivity index (χ1) is 10.4. The van der Waals surface area contributed by atoms with Gasteiger partial charge < -0.3 is 9.73 Å². The maximum atomic E-state index is 11.9. The lowest BCUT2D eigenvalue weighted by Crippen LogP contribution is -2.31. The van der Waals surface area contributed by atoms with Gasteiger partial charge in [0.15, 0.2) is 11.5 Å². The van der Waals surface area contributed by atoms with Gasteiger partial charge in [-0.15, -0.1) is 0 Å². The Labute approximate surface area is 128 Å². The molecule has 0 aliphatic rings. The molecule has 22 heavy (non-hydrogen) atoms. The Morgan fingerprint density at radius 3 is 2.91 bits per heavy atom. The highest BCUT2D eigenvalue weighted by atomic mass is 32.2. The topological polar surface area (TPSA) is 108 Å². The molecule has 0 saturated heterocycles. The first-order valence-corrected chi connectivity index (χ1v) is 8.51. The monoisotopic (exact) mass is 326 g/mol. The third-order valence-corrected chi connectivity index (χ3v) is 4.41. The van der Waals surface area contributed by atoms with Gasteiger partial charge in [0.05, 0.1) is 12.5 Å². The summed E-state index contributed by atoms with van der Waals surface area (Å²) in [6.45, 7) is 0.707. The molecular weight excluding hydrogens is 308 g/mol. The number of aromatic nitrogens is 2. The van der Waals surface area contributed by atoms with Gasteiger partial charge in [0.1, 0.15) is 5.69 Å². The molecule has 0 bridgehead atoms. The minimum absolute atomic E-state index is 0.253. The van der Waals surface area contributed by atoms with Crippen molar-refractivity contribution in [3.63, 3.8) is 0 Å². The normalized spacial score (nSPS) is 11.8. The summed E-state index contributed by atoms with van der Waals surface area (Å²) in [5.74, 6) is 0.275. The summed E-state index contributed by atoms with van der Waals surface area (Å²) in [5, 5.41) is 9.34. The lowest BCUT2D eigenvalue weighted by molar-refractivity contribution is 0.0948. The first kappa shape index (κ1) is 16.2. The van der Waals surface area contributed by atoms with Crippen LogP contribution in [0.5, 0.6) is 0 Å². The van der Waals surface area contributed by atoms with Crippen LogP contribution in [-0.2, 0) is 10.0 Å². The Morgan fingerprint density at radius 1 is 1.50 bits per heavy atom. The summed E-state index contributed by atoms with van der Waals surface area (Å²) >= 11 is 0. The summed E-state index contributed by atoms with van der Waals surface area (Å²) in [5.41, 5.74) is 0.870. The van der Waals surface area contributed by atoms with Gasteiger partial charge in [0.25, 0.3) is 5.91 Å². The van der Waals surface area contributed by atoms with Crippen molar-refractivity contribution >= 4 is 15.9 Å². The molecule has 1 amide bonds. The van der Waals surface area contributed by atoms with E-state index in [1.165, 1.54) is 17.6 Å². The van der Waals surface area contributed by atoms with Crippen LogP contribution < -0.4 is 5.32 Å².